The van der Waals surface area contributed by atoms with E-state index in [1.54, 1.807) is 0 Å². The van der Waals surface area contributed by atoms with Crippen LogP contribution in [0.5, 0.6) is 5.75 Å². The zero-order chi connectivity index (χ0) is 17.8. The zero-order valence-electron chi connectivity index (χ0n) is 14.1. The third-order valence-electron chi connectivity index (χ3n) is 4.06. The van der Waals surface area contributed by atoms with Gasteiger partial charge in [0.05, 0.1) is 16.9 Å². The quantitative estimate of drug-likeness (QED) is 0.439. The average molecular weight is 358 g/mol. The Balaban J connectivity index is 1.47. The summed E-state index contributed by atoms with van der Waals surface area (Å²) in [7, 11) is 0. The first kappa shape index (κ1) is 16.5. The lowest BCUT2D eigenvalue weighted by Crippen LogP contribution is -1.99. The molecule has 0 spiro atoms. The number of pyridine rings is 1. The molecule has 0 saturated carbocycles. The fourth-order valence-corrected chi connectivity index (χ4v) is 2.96. The largest absolute Gasteiger partial charge is 0.487 e. The Labute approximate surface area is 158 Å². The highest BCUT2D eigenvalue weighted by molar-refractivity contribution is 7.80. The second-order valence-electron chi connectivity index (χ2n) is 5.95. The molecule has 0 atom stereocenters. The van der Waals surface area contributed by atoms with Gasteiger partial charge in [-0.15, -0.1) is 12.6 Å². The van der Waals surface area contributed by atoms with E-state index >= 15 is 0 Å². The van der Waals surface area contributed by atoms with E-state index in [9.17, 15) is 0 Å². The van der Waals surface area contributed by atoms with Gasteiger partial charge in [-0.1, -0.05) is 42.5 Å². The zero-order valence-corrected chi connectivity index (χ0v) is 15.0. The third-order valence-corrected chi connectivity index (χ3v) is 4.45. The molecule has 0 saturated heterocycles. The average Bonchev–Trinajstić information content (AvgIpc) is 2.68. The van der Waals surface area contributed by atoms with E-state index in [2.05, 4.69) is 35.1 Å². The Bertz CT molecular complexity index is 1050. The summed E-state index contributed by atoms with van der Waals surface area (Å²) in [6.07, 6.45) is 0. The highest BCUT2D eigenvalue weighted by atomic mass is 32.1. The summed E-state index contributed by atoms with van der Waals surface area (Å²) in [5.41, 5.74) is 3.80. The van der Waals surface area contributed by atoms with Gasteiger partial charge in [-0.05, 0) is 36.4 Å². The van der Waals surface area contributed by atoms with Crippen molar-refractivity contribution in [2.45, 2.75) is 11.5 Å². The number of ether oxygens (including phenoxy) is 1. The van der Waals surface area contributed by atoms with Crippen LogP contribution in [0, 0.1) is 0 Å². The van der Waals surface area contributed by atoms with Crippen molar-refractivity contribution >= 4 is 34.9 Å². The molecular weight excluding hydrogens is 340 g/mol. The highest BCUT2D eigenvalue weighted by Crippen LogP contribution is 2.26. The second-order valence-corrected chi connectivity index (χ2v) is 6.44. The minimum Gasteiger partial charge on any atom is -0.487 e. The molecule has 1 aromatic heterocycles. The predicted octanol–water partition coefficient (Wildman–Crippen LogP) is 5.85. The van der Waals surface area contributed by atoms with Gasteiger partial charge in [-0.25, -0.2) is 4.98 Å². The van der Waals surface area contributed by atoms with Crippen molar-refractivity contribution in [2.24, 2.45) is 0 Å². The van der Waals surface area contributed by atoms with Crippen molar-refractivity contribution < 1.29 is 4.74 Å². The molecule has 0 amide bonds. The molecule has 0 aliphatic rings. The molecule has 3 nitrogen and oxygen atoms in total. The summed E-state index contributed by atoms with van der Waals surface area (Å²) < 4.78 is 5.93. The van der Waals surface area contributed by atoms with Crippen molar-refractivity contribution in [1.82, 2.24) is 4.98 Å². The molecule has 4 rings (SSSR count). The first-order valence-corrected chi connectivity index (χ1v) is 8.85. The summed E-state index contributed by atoms with van der Waals surface area (Å²) in [5, 5.41) is 4.50. The minimum atomic E-state index is 0.428. The molecule has 4 aromatic rings. The van der Waals surface area contributed by atoms with Gasteiger partial charge in [-0.2, -0.15) is 0 Å². The summed E-state index contributed by atoms with van der Waals surface area (Å²) in [6, 6.07) is 27.9. The molecule has 1 heterocycles. The van der Waals surface area contributed by atoms with Gasteiger partial charge in [0.25, 0.3) is 0 Å². The number of aromatic nitrogens is 1. The molecule has 0 fully saturated rings. The fraction of sp³-hybridized carbons (Fsp3) is 0.0455. The molecule has 0 unspecified atom stereocenters. The van der Waals surface area contributed by atoms with E-state index in [1.165, 1.54) is 0 Å². The number of nitrogens with zero attached hydrogens (tertiary/aromatic N) is 1. The molecule has 0 aliphatic carbocycles. The Morgan fingerprint density at radius 3 is 2.62 bits per heavy atom. The highest BCUT2D eigenvalue weighted by Gasteiger charge is 2.03. The van der Waals surface area contributed by atoms with Gasteiger partial charge in [0, 0.05) is 22.0 Å². The lowest BCUT2D eigenvalue weighted by Gasteiger charge is -2.11. The number of hydrogen-bond donors (Lipinski definition) is 2. The molecule has 128 valence electrons. The number of para-hydroxylation sites is 2. The van der Waals surface area contributed by atoms with Gasteiger partial charge in [0.1, 0.15) is 12.4 Å². The van der Waals surface area contributed by atoms with Crippen LogP contribution in [0.2, 0.25) is 0 Å². The molecule has 0 radical (unpaired) electrons. The van der Waals surface area contributed by atoms with Crippen LogP contribution in [0.1, 0.15) is 5.69 Å². The van der Waals surface area contributed by atoms with Crippen molar-refractivity contribution in [2.75, 3.05) is 5.32 Å². The van der Waals surface area contributed by atoms with E-state index in [0.29, 0.717) is 6.61 Å². The monoisotopic (exact) mass is 358 g/mol. The van der Waals surface area contributed by atoms with Gasteiger partial charge in [-0.3, -0.25) is 0 Å². The number of hydrogen-bond acceptors (Lipinski definition) is 4. The van der Waals surface area contributed by atoms with Crippen LogP contribution in [-0.4, -0.2) is 4.98 Å². The molecule has 0 bridgehead atoms. The van der Waals surface area contributed by atoms with Crippen molar-refractivity contribution in [3.63, 3.8) is 0 Å². The maximum Gasteiger partial charge on any atom is 0.130 e. The summed E-state index contributed by atoms with van der Waals surface area (Å²) in [5.74, 6) is 0.793. The Morgan fingerprint density at radius 1 is 0.846 bits per heavy atom. The number of rotatable bonds is 5. The van der Waals surface area contributed by atoms with Crippen LogP contribution in [-0.2, 0) is 6.61 Å². The van der Waals surface area contributed by atoms with Gasteiger partial charge >= 0.3 is 0 Å². The SMILES string of the molecule is Sc1ccccc1Nc1cccc(OCc2ccc3ccccc3n2)c1. The standard InChI is InChI=1S/C22H18N2OS/c26-22-11-4-3-10-21(22)23-17-7-5-8-19(14-17)25-15-18-13-12-16-6-1-2-9-20(16)24-18/h1-14,23,26H,15H2. The van der Waals surface area contributed by atoms with Crippen LogP contribution in [0.15, 0.2) is 89.8 Å². The van der Waals surface area contributed by atoms with Crippen LogP contribution in [0.3, 0.4) is 0 Å². The first-order chi connectivity index (χ1) is 12.8. The molecule has 0 aliphatic heterocycles. The van der Waals surface area contributed by atoms with Crippen molar-refractivity contribution in [3.8, 4) is 5.75 Å². The maximum atomic E-state index is 5.93. The molecule has 4 heteroatoms. The fourth-order valence-electron chi connectivity index (χ4n) is 2.74. The number of nitrogens with one attached hydrogen (secondary N) is 1. The first-order valence-electron chi connectivity index (χ1n) is 8.40. The van der Waals surface area contributed by atoms with E-state index in [-0.39, 0.29) is 0 Å². The lowest BCUT2D eigenvalue weighted by atomic mass is 10.2. The van der Waals surface area contributed by atoms with Crippen LogP contribution < -0.4 is 10.1 Å². The molecular formula is C22H18N2OS. The van der Waals surface area contributed by atoms with Gasteiger partial charge in [0.15, 0.2) is 0 Å². The molecule has 26 heavy (non-hydrogen) atoms. The maximum absolute atomic E-state index is 5.93. The molecule has 1 N–H and O–H groups in total. The van der Waals surface area contributed by atoms with Crippen LogP contribution in [0.4, 0.5) is 11.4 Å². The van der Waals surface area contributed by atoms with E-state index in [1.807, 2.05) is 72.8 Å². The summed E-state index contributed by atoms with van der Waals surface area (Å²) >= 11 is 4.47. The predicted molar refractivity (Wildman–Crippen MR) is 109 cm³/mol. The Kier molecular flexibility index (Phi) is 4.75. The minimum absolute atomic E-state index is 0.428. The summed E-state index contributed by atoms with van der Waals surface area (Å²) in [4.78, 5) is 5.54. The Hall–Kier alpha value is -2.98. The van der Waals surface area contributed by atoms with E-state index < -0.39 is 0 Å². The van der Waals surface area contributed by atoms with Gasteiger partial charge < -0.3 is 10.1 Å². The Morgan fingerprint density at radius 2 is 1.69 bits per heavy atom. The normalized spacial score (nSPS) is 10.7. The third kappa shape index (κ3) is 3.81. The van der Waals surface area contributed by atoms with Gasteiger partial charge in [0.2, 0.25) is 0 Å². The second kappa shape index (κ2) is 7.50. The van der Waals surface area contributed by atoms with E-state index in [4.69, 9.17) is 4.74 Å². The number of fused-ring (bicyclic) bond motifs is 1. The lowest BCUT2D eigenvalue weighted by molar-refractivity contribution is 0.302. The van der Waals surface area contributed by atoms with Crippen molar-refractivity contribution in [3.05, 3.63) is 90.6 Å². The number of anilines is 2. The van der Waals surface area contributed by atoms with Crippen LogP contribution in [0.25, 0.3) is 10.9 Å². The smallest absolute Gasteiger partial charge is 0.130 e. The number of benzene rings is 3. The van der Waals surface area contributed by atoms with Crippen LogP contribution >= 0.6 is 12.6 Å². The summed E-state index contributed by atoms with van der Waals surface area (Å²) in [6.45, 7) is 0.428. The number of thiol groups is 1. The van der Waals surface area contributed by atoms with Crippen molar-refractivity contribution in [1.29, 1.82) is 0 Å². The topological polar surface area (TPSA) is 34.1 Å². The van der Waals surface area contributed by atoms with E-state index in [0.717, 1.165) is 38.6 Å². The molecule has 3 aromatic carbocycles.